The van der Waals surface area contributed by atoms with Crippen molar-refractivity contribution < 1.29 is 14.0 Å². The SMILES string of the molecule is O=C(CC(=O)N1CCN(Cc2ccccc2)CC1)Nc1ccc(F)cc1. The van der Waals surface area contributed by atoms with E-state index in [-0.39, 0.29) is 24.1 Å². The molecule has 1 fully saturated rings. The van der Waals surface area contributed by atoms with Crippen LogP contribution in [0.4, 0.5) is 10.1 Å². The van der Waals surface area contributed by atoms with E-state index < -0.39 is 0 Å². The van der Waals surface area contributed by atoms with Gasteiger partial charge in [-0.25, -0.2) is 4.39 Å². The minimum Gasteiger partial charge on any atom is -0.340 e. The van der Waals surface area contributed by atoms with Gasteiger partial charge >= 0.3 is 0 Å². The van der Waals surface area contributed by atoms with Crippen molar-refractivity contribution in [3.05, 3.63) is 66.0 Å². The standard InChI is InChI=1S/C20H22FN3O2/c21-17-6-8-18(9-7-17)22-19(25)14-20(26)24-12-10-23(11-13-24)15-16-4-2-1-3-5-16/h1-9H,10-15H2,(H,22,25). The van der Waals surface area contributed by atoms with Crippen LogP contribution in [0.2, 0.25) is 0 Å². The molecule has 0 bridgehead atoms. The zero-order valence-electron chi connectivity index (χ0n) is 14.5. The van der Waals surface area contributed by atoms with Crippen LogP contribution in [0.25, 0.3) is 0 Å². The predicted octanol–water partition coefficient (Wildman–Crippen LogP) is 2.50. The second-order valence-electron chi connectivity index (χ2n) is 6.37. The minimum atomic E-state index is -0.381. The molecule has 2 aromatic rings. The zero-order chi connectivity index (χ0) is 18.4. The van der Waals surface area contributed by atoms with Gasteiger partial charge in [-0.1, -0.05) is 30.3 Å². The van der Waals surface area contributed by atoms with Crippen LogP contribution in [0.15, 0.2) is 54.6 Å². The largest absolute Gasteiger partial charge is 0.340 e. The van der Waals surface area contributed by atoms with Gasteiger partial charge in [-0.3, -0.25) is 14.5 Å². The summed E-state index contributed by atoms with van der Waals surface area (Å²) in [7, 11) is 0. The van der Waals surface area contributed by atoms with Gasteiger partial charge in [0, 0.05) is 38.4 Å². The van der Waals surface area contributed by atoms with Gasteiger partial charge in [-0.05, 0) is 29.8 Å². The van der Waals surface area contributed by atoms with Gasteiger partial charge in [-0.2, -0.15) is 0 Å². The Balaban J connectivity index is 1.43. The lowest BCUT2D eigenvalue weighted by molar-refractivity contribution is -0.136. The molecule has 1 N–H and O–H groups in total. The monoisotopic (exact) mass is 355 g/mol. The van der Waals surface area contributed by atoms with Gasteiger partial charge in [0.1, 0.15) is 12.2 Å². The fourth-order valence-corrected chi connectivity index (χ4v) is 2.98. The van der Waals surface area contributed by atoms with E-state index in [0.717, 1.165) is 19.6 Å². The normalized spacial score (nSPS) is 14.9. The quantitative estimate of drug-likeness (QED) is 0.839. The first-order chi connectivity index (χ1) is 12.6. The highest BCUT2D eigenvalue weighted by atomic mass is 19.1. The summed E-state index contributed by atoms with van der Waals surface area (Å²) in [5.41, 5.74) is 1.74. The summed E-state index contributed by atoms with van der Waals surface area (Å²) in [5.74, 6) is -0.926. The van der Waals surface area contributed by atoms with E-state index >= 15 is 0 Å². The van der Waals surface area contributed by atoms with Crippen molar-refractivity contribution in [1.29, 1.82) is 0 Å². The summed E-state index contributed by atoms with van der Waals surface area (Å²) in [4.78, 5) is 28.3. The molecule has 0 unspecified atom stereocenters. The average Bonchev–Trinajstić information content (AvgIpc) is 2.65. The lowest BCUT2D eigenvalue weighted by Gasteiger charge is -2.34. The molecule has 1 aliphatic rings. The van der Waals surface area contributed by atoms with E-state index in [9.17, 15) is 14.0 Å². The summed E-state index contributed by atoms with van der Waals surface area (Å²) in [5, 5.41) is 2.62. The molecule has 1 saturated heterocycles. The van der Waals surface area contributed by atoms with Crippen LogP contribution in [-0.4, -0.2) is 47.8 Å². The van der Waals surface area contributed by atoms with Gasteiger partial charge in [0.2, 0.25) is 11.8 Å². The molecular formula is C20H22FN3O2. The third kappa shape index (κ3) is 5.13. The Morgan fingerprint density at radius 2 is 1.58 bits per heavy atom. The molecule has 0 aliphatic carbocycles. The second-order valence-corrected chi connectivity index (χ2v) is 6.37. The molecule has 6 heteroatoms. The molecule has 1 aliphatic heterocycles. The fraction of sp³-hybridized carbons (Fsp3) is 0.300. The molecule has 0 spiro atoms. The third-order valence-corrected chi connectivity index (χ3v) is 4.41. The average molecular weight is 355 g/mol. The Bertz CT molecular complexity index is 741. The highest BCUT2D eigenvalue weighted by Crippen LogP contribution is 2.11. The number of piperazine rings is 1. The molecule has 0 radical (unpaired) electrons. The van der Waals surface area contributed by atoms with Gasteiger partial charge in [0.05, 0.1) is 0 Å². The van der Waals surface area contributed by atoms with E-state index in [1.54, 1.807) is 4.90 Å². The summed E-state index contributed by atoms with van der Waals surface area (Å²) in [6, 6.07) is 15.7. The van der Waals surface area contributed by atoms with Crippen molar-refractivity contribution in [2.24, 2.45) is 0 Å². The Morgan fingerprint density at radius 1 is 0.923 bits per heavy atom. The third-order valence-electron chi connectivity index (χ3n) is 4.41. The smallest absolute Gasteiger partial charge is 0.233 e. The van der Waals surface area contributed by atoms with Gasteiger partial charge in [0.25, 0.3) is 0 Å². The first-order valence-corrected chi connectivity index (χ1v) is 8.69. The van der Waals surface area contributed by atoms with E-state index in [4.69, 9.17) is 0 Å². The molecule has 2 amide bonds. The van der Waals surface area contributed by atoms with Gasteiger partial charge in [0.15, 0.2) is 0 Å². The molecule has 2 aromatic carbocycles. The molecule has 136 valence electrons. The Morgan fingerprint density at radius 3 is 2.23 bits per heavy atom. The van der Waals surface area contributed by atoms with Crippen LogP contribution in [0.3, 0.4) is 0 Å². The lowest BCUT2D eigenvalue weighted by Crippen LogP contribution is -2.48. The molecule has 1 heterocycles. The highest BCUT2D eigenvalue weighted by Gasteiger charge is 2.22. The van der Waals surface area contributed by atoms with Crippen LogP contribution in [0.5, 0.6) is 0 Å². The number of halogens is 1. The number of carbonyl (C=O) groups excluding carboxylic acids is 2. The number of carbonyl (C=O) groups is 2. The number of nitrogens with zero attached hydrogens (tertiary/aromatic N) is 2. The minimum absolute atomic E-state index is 0.177. The predicted molar refractivity (Wildman–Crippen MR) is 97.9 cm³/mol. The summed E-state index contributed by atoms with van der Waals surface area (Å²) >= 11 is 0. The Labute approximate surface area is 152 Å². The van der Waals surface area contributed by atoms with Crippen LogP contribution in [-0.2, 0) is 16.1 Å². The van der Waals surface area contributed by atoms with Crippen molar-refractivity contribution in [3.63, 3.8) is 0 Å². The van der Waals surface area contributed by atoms with E-state index in [0.29, 0.717) is 18.8 Å². The summed E-state index contributed by atoms with van der Waals surface area (Å²) < 4.78 is 12.9. The number of amides is 2. The number of rotatable bonds is 5. The number of hydrogen-bond donors (Lipinski definition) is 1. The van der Waals surface area contributed by atoms with E-state index in [1.807, 2.05) is 18.2 Å². The maximum atomic E-state index is 12.9. The number of nitrogens with one attached hydrogen (secondary N) is 1. The summed E-state index contributed by atoms with van der Waals surface area (Å²) in [6.45, 7) is 3.69. The second kappa shape index (κ2) is 8.58. The van der Waals surface area contributed by atoms with Crippen LogP contribution in [0, 0.1) is 5.82 Å². The Hall–Kier alpha value is -2.73. The van der Waals surface area contributed by atoms with Crippen LogP contribution < -0.4 is 5.32 Å². The van der Waals surface area contributed by atoms with Gasteiger partial charge < -0.3 is 10.2 Å². The number of anilines is 1. The first-order valence-electron chi connectivity index (χ1n) is 8.69. The maximum Gasteiger partial charge on any atom is 0.233 e. The topological polar surface area (TPSA) is 52.7 Å². The molecule has 5 nitrogen and oxygen atoms in total. The lowest BCUT2D eigenvalue weighted by atomic mass is 10.2. The Kier molecular flexibility index (Phi) is 5.96. The fourth-order valence-electron chi connectivity index (χ4n) is 2.98. The molecular weight excluding hydrogens is 333 g/mol. The summed E-state index contributed by atoms with van der Waals surface area (Å²) in [6.07, 6.45) is -0.198. The molecule has 0 aromatic heterocycles. The molecule has 3 rings (SSSR count). The molecule has 0 atom stereocenters. The first kappa shape index (κ1) is 18.1. The number of benzene rings is 2. The van der Waals surface area contributed by atoms with Crippen molar-refractivity contribution in [1.82, 2.24) is 9.80 Å². The van der Waals surface area contributed by atoms with Gasteiger partial charge in [-0.15, -0.1) is 0 Å². The zero-order valence-corrected chi connectivity index (χ0v) is 14.5. The number of hydrogen-bond acceptors (Lipinski definition) is 3. The van der Waals surface area contributed by atoms with E-state index in [2.05, 4.69) is 22.3 Å². The van der Waals surface area contributed by atoms with Crippen molar-refractivity contribution >= 4 is 17.5 Å². The van der Waals surface area contributed by atoms with Crippen molar-refractivity contribution in [3.8, 4) is 0 Å². The molecule has 26 heavy (non-hydrogen) atoms. The van der Waals surface area contributed by atoms with E-state index in [1.165, 1.54) is 29.8 Å². The molecule has 0 saturated carbocycles. The highest BCUT2D eigenvalue weighted by molar-refractivity contribution is 6.03. The van der Waals surface area contributed by atoms with Crippen molar-refractivity contribution in [2.75, 3.05) is 31.5 Å². The van der Waals surface area contributed by atoms with Crippen LogP contribution >= 0.6 is 0 Å². The van der Waals surface area contributed by atoms with Crippen molar-refractivity contribution in [2.45, 2.75) is 13.0 Å². The maximum absolute atomic E-state index is 12.9. The van der Waals surface area contributed by atoms with Crippen LogP contribution in [0.1, 0.15) is 12.0 Å².